The molecule has 0 saturated heterocycles. The van der Waals surface area contributed by atoms with Crippen molar-refractivity contribution in [3.63, 3.8) is 0 Å². The lowest BCUT2D eigenvalue weighted by Crippen LogP contribution is -2.51. The summed E-state index contributed by atoms with van der Waals surface area (Å²) in [6.45, 7) is 9.32. The van der Waals surface area contributed by atoms with Gasteiger partial charge in [-0.2, -0.15) is 0 Å². The van der Waals surface area contributed by atoms with Gasteiger partial charge in [-0.05, 0) is 33.6 Å². The molecule has 0 aliphatic heterocycles. The molecule has 0 N–H and O–H groups in total. The first-order valence-corrected chi connectivity index (χ1v) is 10.1. The first kappa shape index (κ1) is 18.1. The summed E-state index contributed by atoms with van der Waals surface area (Å²) in [5, 5.41) is 0. The third-order valence-corrected chi connectivity index (χ3v) is 7.35. The maximum Gasteiger partial charge on any atom is 0.504 e. The number of rotatable bonds is 10. The third-order valence-electron chi connectivity index (χ3n) is 3.78. The Bertz CT molecular complexity index is 224. The molecule has 0 bridgehead atoms. The third kappa shape index (κ3) is 5.82. The van der Waals surface area contributed by atoms with E-state index >= 15 is 0 Å². The Balaban J connectivity index is 2.67. The number of ether oxygens (including phenoxy) is 1. The van der Waals surface area contributed by atoms with Gasteiger partial charge in [0.2, 0.25) is 0 Å². The molecule has 0 atom stereocenters. The van der Waals surface area contributed by atoms with E-state index in [1.54, 1.807) is 0 Å². The van der Waals surface area contributed by atoms with Crippen molar-refractivity contribution < 1.29 is 18.0 Å². The van der Waals surface area contributed by atoms with Crippen LogP contribution in [-0.4, -0.2) is 41.8 Å². The average molecular weight is 305 g/mol. The van der Waals surface area contributed by atoms with E-state index in [0.717, 1.165) is 6.61 Å². The fraction of sp³-hybridized carbons (Fsp3) is 1.00. The zero-order valence-corrected chi connectivity index (χ0v) is 14.5. The lowest BCUT2D eigenvalue weighted by atomic mass is 10.2. The minimum atomic E-state index is -2.56. The largest absolute Gasteiger partial charge is 0.504 e. The fourth-order valence-electron chi connectivity index (χ4n) is 2.90. The first-order chi connectivity index (χ1) is 9.79. The van der Waals surface area contributed by atoms with Gasteiger partial charge in [-0.3, -0.25) is 0 Å². The van der Waals surface area contributed by atoms with Crippen LogP contribution in [0.4, 0.5) is 0 Å². The molecule has 0 aromatic carbocycles. The van der Waals surface area contributed by atoms with Crippen LogP contribution in [0.2, 0.25) is 5.54 Å². The Morgan fingerprint density at radius 1 is 0.750 bits per heavy atom. The quantitative estimate of drug-likeness (QED) is 0.350. The second-order valence-corrected chi connectivity index (χ2v) is 8.09. The maximum absolute atomic E-state index is 6.18. The smallest absolute Gasteiger partial charge is 0.379 e. The molecule has 0 spiro atoms. The maximum atomic E-state index is 6.18. The summed E-state index contributed by atoms with van der Waals surface area (Å²) < 4.78 is 23.7. The highest BCUT2D eigenvalue weighted by atomic mass is 28.4. The predicted octanol–water partition coefficient (Wildman–Crippen LogP) is 3.78. The van der Waals surface area contributed by atoms with Crippen molar-refractivity contribution in [1.82, 2.24) is 0 Å². The normalized spacial score (nSPS) is 18.1. The molecule has 20 heavy (non-hydrogen) atoms. The molecular formula is C15H32O4Si. The summed E-state index contributed by atoms with van der Waals surface area (Å²) in [6.07, 6.45) is 7.57. The van der Waals surface area contributed by atoms with Gasteiger partial charge in [0.1, 0.15) is 0 Å². The van der Waals surface area contributed by atoms with Gasteiger partial charge in [-0.1, -0.05) is 25.7 Å². The second-order valence-electron chi connectivity index (χ2n) is 5.20. The lowest BCUT2D eigenvalue weighted by molar-refractivity contribution is 0.0282. The number of hydrogen-bond donors (Lipinski definition) is 0. The molecule has 1 fully saturated rings. The van der Waals surface area contributed by atoms with Crippen molar-refractivity contribution >= 4 is 8.80 Å². The van der Waals surface area contributed by atoms with Gasteiger partial charge in [0.15, 0.2) is 0 Å². The monoisotopic (exact) mass is 304 g/mol. The van der Waals surface area contributed by atoms with Crippen molar-refractivity contribution in [3.8, 4) is 0 Å². The van der Waals surface area contributed by atoms with Crippen LogP contribution in [0, 0.1) is 0 Å². The van der Waals surface area contributed by atoms with Crippen LogP contribution >= 0.6 is 0 Å². The van der Waals surface area contributed by atoms with Gasteiger partial charge in [0.25, 0.3) is 0 Å². The number of hydrogen-bond acceptors (Lipinski definition) is 4. The molecule has 1 aliphatic carbocycles. The zero-order valence-electron chi connectivity index (χ0n) is 13.5. The molecule has 0 aromatic heterocycles. The SMILES string of the molecule is CCOCCO[Si](OCC)(OCC)C1CCCCCC1. The highest BCUT2D eigenvalue weighted by Crippen LogP contribution is 2.37. The van der Waals surface area contributed by atoms with Crippen molar-refractivity contribution in [2.75, 3.05) is 33.0 Å². The second kappa shape index (κ2) is 10.7. The molecule has 0 heterocycles. The van der Waals surface area contributed by atoms with E-state index in [1.807, 2.05) is 20.8 Å². The minimum absolute atomic E-state index is 0.464. The molecule has 0 radical (unpaired) electrons. The van der Waals surface area contributed by atoms with Crippen molar-refractivity contribution in [2.45, 2.75) is 64.8 Å². The van der Waals surface area contributed by atoms with Gasteiger partial charge < -0.3 is 18.0 Å². The molecule has 0 aromatic rings. The lowest BCUT2D eigenvalue weighted by Gasteiger charge is -2.35. The highest BCUT2D eigenvalue weighted by Gasteiger charge is 2.48. The van der Waals surface area contributed by atoms with Crippen molar-refractivity contribution in [3.05, 3.63) is 0 Å². The van der Waals surface area contributed by atoms with E-state index in [-0.39, 0.29) is 0 Å². The van der Waals surface area contributed by atoms with E-state index in [9.17, 15) is 0 Å². The van der Waals surface area contributed by atoms with Crippen LogP contribution < -0.4 is 0 Å². The summed E-state index contributed by atoms with van der Waals surface area (Å²) in [5.74, 6) is 0. The van der Waals surface area contributed by atoms with Gasteiger partial charge in [0, 0.05) is 25.4 Å². The van der Waals surface area contributed by atoms with Crippen LogP contribution in [0.15, 0.2) is 0 Å². The van der Waals surface area contributed by atoms with Gasteiger partial charge in [-0.25, -0.2) is 0 Å². The van der Waals surface area contributed by atoms with Crippen LogP contribution in [0.25, 0.3) is 0 Å². The summed E-state index contributed by atoms with van der Waals surface area (Å²) >= 11 is 0. The topological polar surface area (TPSA) is 36.9 Å². The molecule has 1 rings (SSSR count). The molecule has 5 heteroatoms. The summed E-state index contributed by atoms with van der Waals surface area (Å²) in [6, 6.07) is 0. The Hall–Kier alpha value is 0.0569. The standard InChI is InChI=1S/C15H32O4Si/c1-4-16-13-14-19-20(17-5-2,18-6-3)15-11-9-7-8-10-12-15/h15H,4-14H2,1-3H3. The molecule has 1 saturated carbocycles. The summed E-state index contributed by atoms with van der Waals surface area (Å²) in [5.41, 5.74) is 0.464. The Morgan fingerprint density at radius 2 is 1.35 bits per heavy atom. The molecule has 0 amide bonds. The average Bonchev–Trinajstić information content (AvgIpc) is 2.73. The summed E-state index contributed by atoms with van der Waals surface area (Å²) in [4.78, 5) is 0. The molecule has 120 valence electrons. The Labute approximate surface area is 125 Å². The molecular weight excluding hydrogens is 272 g/mol. The highest BCUT2D eigenvalue weighted by molar-refractivity contribution is 6.62. The van der Waals surface area contributed by atoms with Crippen LogP contribution in [0.1, 0.15) is 59.3 Å². The van der Waals surface area contributed by atoms with Gasteiger partial charge >= 0.3 is 8.80 Å². The molecule has 4 nitrogen and oxygen atoms in total. The molecule has 0 unspecified atom stereocenters. The summed E-state index contributed by atoms with van der Waals surface area (Å²) in [7, 11) is -2.56. The zero-order chi connectivity index (χ0) is 14.7. The molecule has 1 aliphatic rings. The van der Waals surface area contributed by atoms with E-state index in [0.29, 0.717) is 32.0 Å². The predicted molar refractivity (Wildman–Crippen MR) is 82.9 cm³/mol. The van der Waals surface area contributed by atoms with Crippen molar-refractivity contribution in [2.24, 2.45) is 0 Å². The first-order valence-electron chi connectivity index (χ1n) is 8.28. The minimum Gasteiger partial charge on any atom is -0.379 e. The van der Waals surface area contributed by atoms with E-state index in [4.69, 9.17) is 18.0 Å². The Kier molecular flexibility index (Phi) is 9.72. The fourth-order valence-corrected chi connectivity index (χ4v) is 6.15. The van der Waals surface area contributed by atoms with Crippen molar-refractivity contribution in [1.29, 1.82) is 0 Å². The van der Waals surface area contributed by atoms with E-state index < -0.39 is 8.80 Å². The van der Waals surface area contributed by atoms with Gasteiger partial charge in [0.05, 0.1) is 13.2 Å². The van der Waals surface area contributed by atoms with Crippen LogP contribution in [-0.2, 0) is 18.0 Å². The van der Waals surface area contributed by atoms with Crippen LogP contribution in [0.3, 0.4) is 0 Å². The van der Waals surface area contributed by atoms with Crippen LogP contribution in [0.5, 0.6) is 0 Å². The Morgan fingerprint density at radius 3 is 1.85 bits per heavy atom. The van der Waals surface area contributed by atoms with E-state index in [2.05, 4.69) is 0 Å². The van der Waals surface area contributed by atoms with Gasteiger partial charge in [-0.15, -0.1) is 0 Å². The van der Waals surface area contributed by atoms with E-state index in [1.165, 1.54) is 38.5 Å².